The zero-order valence-electron chi connectivity index (χ0n) is 5.94. The maximum absolute atomic E-state index is 11.1. The molecule has 2 amide bonds. The molecule has 0 atom stereocenters. The quantitative estimate of drug-likeness (QED) is 0.457. The Kier molecular flexibility index (Phi) is 1.90. The van der Waals surface area contributed by atoms with Gasteiger partial charge in [-0.1, -0.05) is 0 Å². The smallest absolute Gasteiger partial charge is 0.278 e. The number of hydrogen-bond acceptors (Lipinski definition) is 5. The third-order valence-electron chi connectivity index (χ3n) is 1.56. The molecule has 0 bridgehead atoms. The molecule has 0 fully saturated rings. The number of hydroxylamine groups is 2. The summed E-state index contributed by atoms with van der Waals surface area (Å²) in [5.74, 6) is 0.478. The van der Waals surface area contributed by atoms with Gasteiger partial charge in [-0.2, -0.15) is 0 Å². The van der Waals surface area contributed by atoms with Crippen molar-refractivity contribution in [3.8, 4) is 0 Å². The third-order valence-corrected chi connectivity index (χ3v) is 4.09. The van der Waals surface area contributed by atoms with E-state index in [1.54, 1.807) is 0 Å². The molecule has 2 rings (SSSR count). The van der Waals surface area contributed by atoms with E-state index in [0.29, 0.717) is 9.81 Å². The lowest BCUT2D eigenvalue weighted by Gasteiger charge is -2.07. The van der Waals surface area contributed by atoms with Crippen LogP contribution in [0.2, 0.25) is 0 Å². The molecule has 0 saturated carbocycles. The van der Waals surface area contributed by atoms with E-state index in [1.165, 1.54) is 23.5 Å². The molecule has 6 heteroatoms. The van der Waals surface area contributed by atoms with Gasteiger partial charge in [-0.25, -0.2) is 0 Å². The van der Waals surface area contributed by atoms with Crippen molar-refractivity contribution in [2.75, 3.05) is 11.5 Å². The van der Waals surface area contributed by atoms with Crippen LogP contribution in [0, 0.1) is 0 Å². The second kappa shape index (κ2) is 2.79. The number of imide groups is 1. The van der Waals surface area contributed by atoms with Crippen LogP contribution in [-0.2, 0) is 9.59 Å². The van der Waals surface area contributed by atoms with Crippen molar-refractivity contribution in [3.63, 3.8) is 0 Å². The summed E-state index contributed by atoms with van der Waals surface area (Å²) in [7, 11) is 0. The first-order chi connectivity index (χ1) is 5.72. The molecule has 1 N–H and O–H groups in total. The molecule has 12 heavy (non-hydrogen) atoms. The van der Waals surface area contributed by atoms with Gasteiger partial charge in [-0.05, 0) is 0 Å². The first-order valence-corrected chi connectivity index (χ1v) is 5.26. The molecule has 0 aliphatic carbocycles. The number of amides is 2. The maximum atomic E-state index is 11.1. The number of hydrogen-bond donors (Lipinski definition) is 1. The highest BCUT2D eigenvalue weighted by Gasteiger charge is 2.39. The lowest BCUT2D eigenvalue weighted by Crippen LogP contribution is -2.27. The summed E-state index contributed by atoms with van der Waals surface area (Å²) in [5.41, 5.74) is 0. The topological polar surface area (TPSA) is 57.6 Å². The van der Waals surface area contributed by atoms with Crippen LogP contribution >= 0.6 is 23.5 Å². The molecule has 2 heterocycles. The van der Waals surface area contributed by atoms with Crippen LogP contribution in [0.25, 0.3) is 0 Å². The van der Waals surface area contributed by atoms with Crippen molar-refractivity contribution in [3.05, 3.63) is 9.81 Å². The fourth-order valence-electron chi connectivity index (χ4n) is 1.02. The first kappa shape index (κ1) is 8.15. The van der Waals surface area contributed by atoms with E-state index in [-0.39, 0.29) is 5.06 Å². The number of nitrogens with zero attached hydrogens (tertiary/aromatic N) is 1. The highest BCUT2D eigenvalue weighted by atomic mass is 32.2. The van der Waals surface area contributed by atoms with Crippen LogP contribution in [0.4, 0.5) is 0 Å². The Labute approximate surface area is 76.9 Å². The van der Waals surface area contributed by atoms with Gasteiger partial charge >= 0.3 is 0 Å². The summed E-state index contributed by atoms with van der Waals surface area (Å²) < 4.78 is 0. The molecule has 0 aromatic rings. The number of carbonyl (C=O) groups excluding carboxylic acids is 2. The molecule has 0 saturated heterocycles. The Hall–Kier alpha value is -0.460. The number of rotatable bonds is 0. The molecule has 0 aromatic carbocycles. The van der Waals surface area contributed by atoms with Crippen LogP contribution in [0.3, 0.4) is 0 Å². The molecule has 0 unspecified atom stereocenters. The summed E-state index contributed by atoms with van der Waals surface area (Å²) >= 11 is 2.67. The van der Waals surface area contributed by atoms with Crippen molar-refractivity contribution >= 4 is 35.3 Å². The normalized spacial score (nSPS) is 23.6. The minimum Gasteiger partial charge on any atom is -0.278 e. The zero-order chi connectivity index (χ0) is 8.72. The molecule has 64 valence electrons. The van der Waals surface area contributed by atoms with Crippen molar-refractivity contribution in [2.45, 2.75) is 0 Å². The molecule has 4 nitrogen and oxygen atoms in total. The van der Waals surface area contributed by atoms with Crippen molar-refractivity contribution in [1.82, 2.24) is 5.06 Å². The van der Waals surface area contributed by atoms with E-state index in [2.05, 4.69) is 0 Å². The summed E-state index contributed by atoms with van der Waals surface area (Å²) in [4.78, 5) is 23.0. The van der Waals surface area contributed by atoms with Crippen LogP contribution in [0.5, 0.6) is 0 Å². The Balaban J connectivity index is 2.41. The summed E-state index contributed by atoms with van der Waals surface area (Å²) in [6.07, 6.45) is 0. The molecular formula is C6H5NO3S2. The zero-order valence-corrected chi connectivity index (χ0v) is 7.57. The van der Waals surface area contributed by atoms with Crippen molar-refractivity contribution in [1.29, 1.82) is 0 Å². The molecule has 2 aliphatic heterocycles. The first-order valence-electron chi connectivity index (χ1n) is 3.29. The molecule has 2 aliphatic rings. The van der Waals surface area contributed by atoms with Gasteiger partial charge in [0.1, 0.15) is 0 Å². The fraction of sp³-hybridized carbons (Fsp3) is 0.333. The lowest BCUT2D eigenvalue weighted by atomic mass is 10.5. The molecule has 0 aromatic heterocycles. The number of thioether (sulfide) groups is 2. The second-order valence-corrected chi connectivity index (χ2v) is 4.49. The van der Waals surface area contributed by atoms with E-state index < -0.39 is 11.8 Å². The van der Waals surface area contributed by atoms with E-state index in [4.69, 9.17) is 5.21 Å². The number of carbonyl (C=O) groups is 2. The van der Waals surface area contributed by atoms with Gasteiger partial charge in [-0.3, -0.25) is 14.8 Å². The predicted octanol–water partition coefficient (Wildman–Crippen LogP) is 0.436. The minimum absolute atomic E-state index is 0.190. The van der Waals surface area contributed by atoms with Crippen molar-refractivity contribution < 1.29 is 14.8 Å². The SMILES string of the molecule is O=C1C2=C(SCCS2)C(=O)N1O. The maximum Gasteiger partial charge on any atom is 0.292 e. The van der Waals surface area contributed by atoms with Gasteiger partial charge in [-0.15, -0.1) is 28.6 Å². The monoisotopic (exact) mass is 203 g/mol. The van der Waals surface area contributed by atoms with E-state index in [9.17, 15) is 9.59 Å². The average molecular weight is 203 g/mol. The standard InChI is InChI=1S/C6H5NO3S2/c8-5-3-4(6(9)7(5)10)12-2-1-11-3/h10H,1-2H2. The Morgan fingerprint density at radius 3 is 1.92 bits per heavy atom. The largest absolute Gasteiger partial charge is 0.292 e. The van der Waals surface area contributed by atoms with Crippen molar-refractivity contribution in [2.24, 2.45) is 0 Å². The molecule has 0 radical (unpaired) electrons. The van der Waals surface area contributed by atoms with Crippen LogP contribution in [0.1, 0.15) is 0 Å². The van der Waals surface area contributed by atoms with Gasteiger partial charge in [0.15, 0.2) is 0 Å². The van der Waals surface area contributed by atoms with E-state index >= 15 is 0 Å². The minimum atomic E-state index is -0.577. The van der Waals surface area contributed by atoms with Gasteiger partial charge < -0.3 is 0 Å². The summed E-state index contributed by atoms with van der Waals surface area (Å²) in [5, 5.41) is 9.15. The van der Waals surface area contributed by atoms with Gasteiger partial charge in [0, 0.05) is 11.5 Å². The lowest BCUT2D eigenvalue weighted by molar-refractivity contribution is -0.169. The predicted molar refractivity (Wildman–Crippen MR) is 45.6 cm³/mol. The summed E-state index contributed by atoms with van der Waals surface area (Å²) in [6, 6.07) is 0. The highest BCUT2D eigenvalue weighted by molar-refractivity contribution is 8.11. The molecule has 0 spiro atoms. The third kappa shape index (κ3) is 0.988. The van der Waals surface area contributed by atoms with E-state index in [0.717, 1.165) is 11.5 Å². The second-order valence-electron chi connectivity index (χ2n) is 2.28. The van der Waals surface area contributed by atoms with Gasteiger partial charge in [0.2, 0.25) is 0 Å². The average Bonchev–Trinajstić information content (AvgIpc) is 2.33. The molecular weight excluding hydrogens is 198 g/mol. The van der Waals surface area contributed by atoms with Crippen LogP contribution in [0.15, 0.2) is 9.81 Å². The van der Waals surface area contributed by atoms with Crippen LogP contribution < -0.4 is 0 Å². The Bertz CT molecular complexity index is 271. The van der Waals surface area contributed by atoms with Gasteiger partial charge in [0.25, 0.3) is 11.8 Å². The van der Waals surface area contributed by atoms with E-state index in [1.807, 2.05) is 0 Å². The fourth-order valence-corrected chi connectivity index (χ4v) is 3.31. The highest BCUT2D eigenvalue weighted by Crippen LogP contribution is 2.39. The van der Waals surface area contributed by atoms with Crippen LogP contribution in [-0.4, -0.2) is 33.6 Å². The Morgan fingerprint density at radius 1 is 1.08 bits per heavy atom. The Morgan fingerprint density at radius 2 is 1.50 bits per heavy atom. The van der Waals surface area contributed by atoms with Gasteiger partial charge in [0.05, 0.1) is 9.81 Å². The summed E-state index contributed by atoms with van der Waals surface area (Å²) in [6.45, 7) is 0.